The number of anilines is 1. The highest BCUT2D eigenvalue weighted by Crippen LogP contribution is 2.18. The lowest BCUT2D eigenvalue weighted by Gasteiger charge is -2.09. The average Bonchev–Trinajstić information content (AvgIpc) is 2.52. The maximum atomic E-state index is 12.0. The van der Waals surface area contributed by atoms with Crippen LogP contribution in [0.5, 0.6) is 0 Å². The zero-order valence-electron chi connectivity index (χ0n) is 12.7. The lowest BCUT2D eigenvalue weighted by molar-refractivity contribution is 0.0953. The first kappa shape index (κ1) is 16.4. The molecule has 0 unspecified atom stereocenters. The van der Waals surface area contributed by atoms with Gasteiger partial charge in [0.05, 0.1) is 0 Å². The molecule has 116 valence electrons. The molecule has 0 radical (unpaired) electrons. The fourth-order valence-corrected chi connectivity index (χ4v) is 2.49. The summed E-state index contributed by atoms with van der Waals surface area (Å²) < 4.78 is 0. The van der Waals surface area contributed by atoms with Crippen LogP contribution in [0.3, 0.4) is 0 Å². The maximum Gasteiger partial charge on any atom is 0.251 e. The number of hydrogen-bond acceptors (Lipinski definition) is 2. The Morgan fingerprint density at radius 1 is 1.18 bits per heavy atom. The lowest BCUT2D eigenvalue weighted by atomic mass is 10.0. The predicted molar refractivity (Wildman–Crippen MR) is 92.3 cm³/mol. The lowest BCUT2D eigenvalue weighted by Crippen LogP contribution is -2.24. The summed E-state index contributed by atoms with van der Waals surface area (Å²) in [5.41, 5.74) is 9.55. The Bertz CT molecular complexity index is 655. The fraction of sp³-hybridized carbons (Fsp3) is 0.278. The van der Waals surface area contributed by atoms with Crippen LogP contribution in [-0.4, -0.2) is 12.5 Å². The Balaban J connectivity index is 2.08. The van der Waals surface area contributed by atoms with Crippen molar-refractivity contribution >= 4 is 23.2 Å². The smallest absolute Gasteiger partial charge is 0.251 e. The van der Waals surface area contributed by atoms with Crippen molar-refractivity contribution < 1.29 is 4.79 Å². The minimum absolute atomic E-state index is 0.0501. The van der Waals surface area contributed by atoms with E-state index < -0.39 is 0 Å². The highest BCUT2D eigenvalue weighted by atomic mass is 35.5. The van der Waals surface area contributed by atoms with Crippen LogP contribution in [0.15, 0.2) is 42.5 Å². The molecule has 0 aliphatic carbocycles. The van der Waals surface area contributed by atoms with E-state index >= 15 is 0 Å². The average molecular weight is 317 g/mol. The molecule has 0 atom stereocenters. The van der Waals surface area contributed by atoms with Gasteiger partial charge in [-0.1, -0.05) is 30.7 Å². The van der Waals surface area contributed by atoms with E-state index in [1.165, 1.54) is 0 Å². The van der Waals surface area contributed by atoms with Crippen LogP contribution in [0.25, 0.3) is 0 Å². The van der Waals surface area contributed by atoms with Crippen molar-refractivity contribution in [3.63, 3.8) is 0 Å². The van der Waals surface area contributed by atoms with Crippen LogP contribution < -0.4 is 11.1 Å². The summed E-state index contributed by atoms with van der Waals surface area (Å²) in [5, 5.41) is 3.61. The Kier molecular flexibility index (Phi) is 5.84. The van der Waals surface area contributed by atoms with E-state index in [4.69, 9.17) is 17.3 Å². The number of rotatable bonds is 6. The molecular formula is C18H21ClN2O. The first-order valence-electron chi connectivity index (χ1n) is 7.51. The number of nitrogens with one attached hydrogen (secondary N) is 1. The van der Waals surface area contributed by atoms with Gasteiger partial charge in [0.1, 0.15) is 0 Å². The number of halogens is 1. The van der Waals surface area contributed by atoms with Crippen molar-refractivity contribution in [2.24, 2.45) is 0 Å². The largest absolute Gasteiger partial charge is 0.399 e. The number of nitrogen functional groups attached to an aromatic ring is 1. The molecule has 0 aliphatic heterocycles. The third-order valence-corrected chi connectivity index (χ3v) is 3.75. The molecule has 0 bridgehead atoms. The Labute approximate surface area is 136 Å². The van der Waals surface area contributed by atoms with Gasteiger partial charge in [0.25, 0.3) is 5.91 Å². The van der Waals surface area contributed by atoms with Gasteiger partial charge < -0.3 is 11.1 Å². The molecule has 0 saturated carbocycles. The SMILES string of the molecule is CCCNC(=O)c1ccc(N)c(CCc2cccc(Cl)c2)c1. The highest BCUT2D eigenvalue weighted by molar-refractivity contribution is 6.30. The van der Waals surface area contributed by atoms with Crippen molar-refractivity contribution in [3.8, 4) is 0 Å². The van der Waals surface area contributed by atoms with Gasteiger partial charge in [0, 0.05) is 22.8 Å². The van der Waals surface area contributed by atoms with Crippen molar-refractivity contribution in [3.05, 3.63) is 64.2 Å². The van der Waals surface area contributed by atoms with Gasteiger partial charge >= 0.3 is 0 Å². The Morgan fingerprint density at radius 2 is 2.00 bits per heavy atom. The molecule has 0 aliphatic rings. The molecule has 22 heavy (non-hydrogen) atoms. The number of hydrogen-bond donors (Lipinski definition) is 2. The normalized spacial score (nSPS) is 10.5. The molecule has 0 saturated heterocycles. The molecular weight excluding hydrogens is 296 g/mol. The molecule has 0 fully saturated rings. The number of carbonyl (C=O) groups excluding carboxylic acids is 1. The maximum absolute atomic E-state index is 12.0. The summed E-state index contributed by atoms with van der Waals surface area (Å²) in [6.07, 6.45) is 2.54. The molecule has 4 heteroatoms. The third kappa shape index (κ3) is 4.50. The van der Waals surface area contributed by atoms with Gasteiger partial charge in [-0.15, -0.1) is 0 Å². The minimum Gasteiger partial charge on any atom is -0.399 e. The van der Waals surface area contributed by atoms with Gasteiger partial charge in [-0.2, -0.15) is 0 Å². The van der Waals surface area contributed by atoms with E-state index in [0.29, 0.717) is 17.8 Å². The second kappa shape index (κ2) is 7.85. The molecule has 3 N–H and O–H groups in total. The van der Waals surface area contributed by atoms with Crippen molar-refractivity contribution in [2.45, 2.75) is 26.2 Å². The van der Waals surface area contributed by atoms with E-state index in [0.717, 1.165) is 35.4 Å². The quantitative estimate of drug-likeness (QED) is 0.795. The molecule has 0 spiro atoms. The van der Waals surface area contributed by atoms with Crippen LogP contribution in [0, 0.1) is 0 Å². The zero-order chi connectivity index (χ0) is 15.9. The Morgan fingerprint density at radius 3 is 2.73 bits per heavy atom. The summed E-state index contributed by atoms with van der Waals surface area (Å²) in [6, 6.07) is 13.2. The number of nitrogens with two attached hydrogens (primary N) is 1. The van der Waals surface area contributed by atoms with Gasteiger partial charge in [-0.25, -0.2) is 0 Å². The van der Waals surface area contributed by atoms with Gasteiger partial charge in [0.15, 0.2) is 0 Å². The highest BCUT2D eigenvalue weighted by Gasteiger charge is 2.08. The second-order valence-electron chi connectivity index (χ2n) is 5.30. The van der Waals surface area contributed by atoms with E-state index in [1.807, 2.05) is 37.3 Å². The van der Waals surface area contributed by atoms with Crippen LogP contribution in [0.2, 0.25) is 5.02 Å². The van der Waals surface area contributed by atoms with Gasteiger partial charge in [-0.3, -0.25) is 4.79 Å². The summed E-state index contributed by atoms with van der Waals surface area (Å²) in [6.45, 7) is 2.71. The monoisotopic (exact) mass is 316 g/mol. The minimum atomic E-state index is -0.0501. The predicted octanol–water partition coefficient (Wildman–Crippen LogP) is 3.85. The molecule has 2 rings (SSSR count). The van der Waals surface area contributed by atoms with Crippen LogP contribution in [0.1, 0.15) is 34.8 Å². The van der Waals surface area contributed by atoms with E-state index in [-0.39, 0.29) is 5.91 Å². The van der Waals surface area contributed by atoms with Crippen molar-refractivity contribution in [1.82, 2.24) is 5.32 Å². The van der Waals surface area contributed by atoms with Gasteiger partial charge in [0.2, 0.25) is 0 Å². The number of benzene rings is 2. The zero-order valence-corrected chi connectivity index (χ0v) is 13.5. The summed E-state index contributed by atoms with van der Waals surface area (Å²) in [5.74, 6) is -0.0501. The molecule has 1 amide bonds. The number of aryl methyl sites for hydroxylation is 2. The number of carbonyl (C=O) groups is 1. The molecule has 0 heterocycles. The van der Waals surface area contributed by atoms with E-state index in [9.17, 15) is 4.79 Å². The first-order chi connectivity index (χ1) is 10.6. The molecule has 0 aromatic heterocycles. The van der Waals surface area contributed by atoms with Crippen LogP contribution in [-0.2, 0) is 12.8 Å². The van der Waals surface area contributed by atoms with Crippen molar-refractivity contribution in [2.75, 3.05) is 12.3 Å². The molecule has 2 aromatic carbocycles. The summed E-state index contributed by atoms with van der Waals surface area (Å²) >= 11 is 6.00. The van der Waals surface area contributed by atoms with Crippen LogP contribution in [0.4, 0.5) is 5.69 Å². The van der Waals surface area contributed by atoms with Crippen LogP contribution >= 0.6 is 11.6 Å². The molecule has 2 aromatic rings. The summed E-state index contributed by atoms with van der Waals surface area (Å²) in [7, 11) is 0. The Hall–Kier alpha value is -2.00. The topological polar surface area (TPSA) is 55.1 Å². The first-order valence-corrected chi connectivity index (χ1v) is 7.89. The van der Waals surface area contributed by atoms with E-state index in [2.05, 4.69) is 5.32 Å². The second-order valence-corrected chi connectivity index (χ2v) is 5.74. The molecule has 3 nitrogen and oxygen atoms in total. The summed E-state index contributed by atoms with van der Waals surface area (Å²) in [4.78, 5) is 12.0. The standard InChI is InChI=1S/C18H21ClN2O/c1-2-10-21-18(22)15-8-9-17(20)14(12-15)7-6-13-4-3-5-16(19)11-13/h3-5,8-9,11-12H,2,6-7,10,20H2,1H3,(H,21,22). The fourth-order valence-electron chi connectivity index (χ4n) is 2.28. The number of amides is 1. The third-order valence-electron chi connectivity index (χ3n) is 3.51. The van der Waals surface area contributed by atoms with E-state index in [1.54, 1.807) is 12.1 Å². The van der Waals surface area contributed by atoms with Gasteiger partial charge in [-0.05, 0) is 60.7 Å². The van der Waals surface area contributed by atoms with Crippen molar-refractivity contribution in [1.29, 1.82) is 0 Å².